The lowest BCUT2D eigenvalue weighted by Gasteiger charge is -2.19. The maximum atomic E-state index is 11.6. The Kier molecular flexibility index (Phi) is 4.43. The molecule has 0 aliphatic heterocycles. The number of nitrogens with zero attached hydrogens (tertiary/aromatic N) is 4. The van der Waals surface area contributed by atoms with Gasteiger partial charge in [-0.2, -0.15) is 0 Å². The summed E-state index contributed by atoms with van der Waals surface area (Å²) in [5.74, 6) is 1.22. The Morgan fingerprint density at radius 1 is 1.24 bits per heavy atom. The lowest BCUT2D eigenvalue weighted by molar-refractivity contribution is 0.0821. The summed E-state index contributed by atoms with van der Waals surface area (Å²) in [7, 11) is 5.36. The zero-order valence-electron chi connectivity index (χ0n) is 11.1. The molecule has 0 saturated carbocycles. The molecule has 0 fully saturated rings. The number of amides is 1. The molecule has 0 spiro atoms. The van der Waals surface area contributed by atoms with E-state index in [1.807, 2.05) is 18.0 Å². The first-order valence-corrected chi connectivity index (χ1v) is 5.68. The number of hydrogen-bond acceptors (Lipinski definition) is 4. The molecule has 0 unspecified atom stereocenters. The predicted octanol–water partition coefficient (Wildman–Crippen LogP) is 1.27. The van der Waals surface area contributed by atoms with Crippen molar-refractivity contribution in [3.8, 4) is 0 Å². The van der Waals surface area contributed by atoms with E-state index in [0.29, 0.717) is 11.6 Å². The SMILES string of the molecule is CC(C)CN(C)c1ccc(C(=O)N(C)C)nn1. The third kappa shape index (κ3) is 3.69. The molecule has 1 aromatic rings. The number of carbonyl (C=O) groups excluding carboxylic acids is 1. The Balaban J connectivity index is 2.77. The minimum atomic E-state index is -0.129. The van der Waals surface area contributed by atoms with Gasteiger partial charge in [-0.1, -0.05) is 13.8 Å². The third-order valence-electron chi connectivity index (χ3n) is 2.31. The Hall–Kier alpha value is -1.65. The van der Waals surface area contributed by atoms with E-state index in [0.717, 1.165) is 12.4 Å². The second kappa shape index (κ2) is 5.61. The zero-order chi connectivity index (χ0) is 13.0. The molecule has 0 atom stereocenters. The van der Waals surface area contributed by atoms with Crippen molar-refractivity contribution in [3.63, 3.8) is 0 Å². The minimum Gasteiger partial charge on any atom is -0.358 e. The summed E-state index contributed by atoms with van der Waals surface area (Å²) in [5.41, 5.74) is 0.372. The molecule has 0 aromatic carbocycles. The molecule has 0 saturated heterocycles. The van der Waals surface area contributed by atoms with Crippen molar-refractivity contribution >= 4 is 11.7 Å². The first-order chi connectivity index (χ1) is 7.91. The number of carbonyl (C=O) groups is 1. The van der Waals surface area contributed by atoms with Crippen LogP contribution in [0, 0.1) is 5.92 Å². The van der Waals surface area contributed by atoms with Gasteiger partial charge in [-0.15, -0.1) is 10.2 Å². The maximum absolute atomic E-state index is 11.6. The molecular formula is C12H20N4O. The summed E-state index contributed by atoms with van der Waals surface area (Å²) in [6.07, 6.45) is 0. The molecule has 1 aromatic heterocycles. The quantitative estimate of drug-likeness (QED) is 0.790. The van der Waals surface area contributed by atoms with Gasteiger partial charge in [-0.25, -0.2) is 0 Å². The lowest BCUT2D eigenvalue weighted by Crippen LogP contribution is -2.26. The maximum Gasteiger partial charge on any atom is 0.273 e. The van der Waals surface area contributed by atoms with Crippen LogP contribution in [-0.2, 0) is 0 Å². The fourth-order valence-corrected chi connectivity index (χ4v) is 1.51. The highest BCUT2D eigenvalue weighted by molar-refractivity contribution is 5.91. The lowest BCUT2D eigenvalue weighted by atomic mass is 10.2. The van der Waals surface area contributed by atoms with Crippen molar-refractivity contribution in [2.75, 3.05) is 32.6 Å². The van der Waals surface area contributed by atoms with Crippen LogP contribution in [0.25, 0.3) is 0 Å². The van der Waals surface area contributed by atoms with Crippen molar-refractivity contribution in [2.24, 2.45) is 5.92 Å². The van der Waals surface area contributed by atoms with Gasteiger partial charge in [0.15, 0.2) is 11.5 Å². The zero-order valence-corrected chi connectivity index (χ0v) is 11.1. The standard InChI is InChI=1S/C12H20N4O/c1-9(2)8-16(5)11-7-6-10(13-14-11)12(17)15(3)4/h6-7,9H,8H2,1-5H3. The van der Waals surface area contributed by atoms with Gasteiger partial charge in [0, 0.05) is 27.7 Å². The fourth-order valence-electron chi connectivity index (χ4n) is 1.51. The van der Waals surface area contributed by atoms with Gasteiger partial charge < -0.3 is 9.80 Å². The fraction of sp³-hybridized carbons (Fsp3) is 0.583. The van der Waals surface area contributed by atoms with E-state index in [4.69, 9.17) is 0 Å². The molecule has 0 aliphatic rings. The van der Waals surface area contributed by atoms with E-state index in [2.05, 4.69) is 24.0 Å². The summed E-state index contributed by atoms with van der Waals surface area (Å²) in [4.78, 5) is 15.1. The second-order valence-corrected chi connectivity index (χ2v) is 4.75. The van der Waals surface area contributed by atoms with Crippen molar-refractivity contribution in [2.45, 2.75) is 13.8 Å². The normalized spacial score (nSPS) is 10.5. The average molecular weight is 236 g/mol. The molecule has 17 heavy (non-hydrogen) atoms. The molecule has 1 heterocycles. The van der Waals surface area contributed by atoms with Gasteiger partial charge >= 0.3 is 0 Å². The molecule has 0 aliphatic carbocycles. The molecular weight excluding hydrogens is 216 g/mol. The minimum absolute atomic E-state index is 0.129. The molecule has 5 nitrogen and oxygen atoms in total. The van der Waals surface area contributed by atoms with E-state index in [9.17, 15) is 4.79 Å². The van der Waals surface area contributed by atoms with E-state index < -0.39 is 0 Å². The molecule has 94 valence electrons. The van der Waals surface area contributed by atoms with Gasteiger partial charge in [0.2, 0.25) is 0 Å². The molecule has 1 amide bonds. The smallest absolute Gasteiger partial charge is 0.273 e. The van der Waals surface area contributed by atoms with Crippen LogP contribution in [0.3, 0.4) is 0 Å². The van der Waals surface area contributed by atoms with E-state index in [1.165, 1.54) is 4.90 Å². The highest BCUT2D eigenvalue weighted by atomic mass is 16.2. The third-order valence-corrected chi connectivity index (χ3v) is 2.31. The first kappa shape index (κ1) is 13.4. The van der Waals surface area contributed by atoms with Gasteiger partial charge in [-0.3, -0.25) is 4.79 Å². The largest absolute Gasteiger partial charge is 0.358 e. The van der Waals surface area contributed by atoms with Crippen molar-refractivity contribution < 1.29 is 4.79 Å². The van der Waals surface area contributed by atoms with E-state index in [-0.39, 0.29) is 5.91 Å². The summed E-state index contributed by atoms with van der Waals surface area (Å²) in [6, 6.07) is 3.54. The highest BCUT2D eigenvalue weighted by Gasteiger charge is 2.11. The second-order valence-electron chi connectivity index (χ2n) is 4.75. The van der Waals surface area contributed by atoms with Gasteiger partial charge in [0.1, 0.15) is 0 Å². The summed E-state index contributed by atoms with van der Waals surface area (Å²) in [6.45, 7) is 5.21. The average Bonchev–Trinajstić information content (AvgIpc) is 2.27. The summed E-state index contributed by atoms with van der Waals surface area (Å²) < 4.78 is 0. The molecule has 0 radical (unpaired) electrons. The number of hydrogen-bond donors (Lipinski definition) is 0. The van der Waals surface area contributed by atoms with Crippen molar-refractivity contribution in [3.05, 3.63) is 17.8 Å². The molecule has 5 heteroatoms. The van der Waals surface area contributed by atoms with Crippen LogP contribution in [0.4, 0.5) is 5.82 Å². The highest BCUT2D eigenvalue weighted by Crippen LogP contribution is 2.10. The Labute approximate surface area is 102 Å². The summed E-state index contributed by atoms with van der Waals surface area (Å²) in [5, 5.41) is 8.01. The number of aromatic nitrogens is 2. The van der Waals surface area contributed by atoms with Crippen LogP contribution in [-0.4, -0.2) is 48.7 Å². The van der Waals surface area contributed by atoms with Crippen molar-refractivity contribution in [1.29, 1.82) is 0 Å². The van der Waals surface area contributed by atoms with Crippen LogP contribution >= 0.6 is 0 Å². The Bertz CT molecular complexity index is 373. The monoisotopic (exact) mass is 236 g/mol. The molecule has 1 rings (SSSR count). The van der Waals surface area contributed by atoms with Crippen LogP contribution in [0.5, 0.6) is 0 Å². The molecule has 0 bridgehead atoms. The topological polar surface area (TPSA) is 49.3 Å². The predicted molar refractivity (Wildman–Crippen MR) is 68.2 cm³/mol. The first-order valence-electron chi connectivity index (χ1n) is 5.68. The number of anilines is 1. The molecule has 0 N–H and O–H groups in total. The van der Waals surface area contributed by atoms with Crippen molar-refractivity contribution in [1.82, 2.24) is 15.1 Å². The van der Waals surface area contributed by atoms with E-state index in [1.54, 1.807) is 20.2 Å². The van der Waals surface area contributed by atoms with Gasteiger partial charge in [0.25, 0.3) is 5.91 Å². The summed E-state index contributed by atoms with van der Waals surface area (Å²) >= 11 is 0. The van der Waals surface area contributed by atoms with Crippen LogP contribution in [0.15, 0.2) is 12.1 Å². The van der Waals surface area contributed by atoms with Gasteiger partial charge in [0.05, 0.1) is 0 Å². The van der Waals surface area contributed by atoms with Crippen LogP contribution in [0.2, 0.25) is 0 Å². The Morgan fingerprint density at radius 2 is 1.88 bits per heavy atom. The van der Waals surface area contributed by atoms with Gasteiger partial charge in [-0.05, 0) is 18.1 Å². The Morgan fingerprint density at radius 3 is 2.29 bits per heavy atom. The van der Waals surface area contributed by atoms with E-state index >= 15 is 0 Å². The van der Waals surface area contributed by atoms with Crippen LogP contribution < -0.4 is 4.90 Å². The number of rotatable bonds is 4. The van der Waals surface area contributed by atoms with Crippen LogP contribution in [0.1, 0.15) is 24.3 Å².